The number of halogens is 1. The largest absolute Gasteiger partial charge is 0.382 e. The smallest absolute Gasteiger partial charge is 0.0659 e. The fourth-order valence-electron chi connectivity index (χ4n) is 3.26. The summed E-state index contributed by atoms with van der Waals surface area (Å²) in [6.07, 6.45) is 3.88. The SMILES string of the molecule is CC1CC(C)CC(Nc2ccc(N(C)C)c(Cl)c2)C1. The number of hydrogen-bond donors (Lipinski definition) is 1. The van der Waals surface area contributed by atoms with Gasteiger partial charge in [-0.1, -0.05) is 25.4 Å². The highest BCUT2D eigenvalue weighted by Gasteiger charge is 2.23. The van der Waals surface area contributed by atoms with Crippen LogP contribution < -0.4 is 10.2 Å². The molecule has 1 aromatic rings. The van der Waals surface area contributed by atoms with Crippen LogP contribution in [0.25, 0.3) is 0 Å². The first-order valence-corrected chi connectivity index (χ1v) is 7.57. The van der Waals surface area contributed by atoms with Gasteiger partial charge in [0.25, 0.3) is 0 Å². The summed E-state index contributed by atoms with van der Waals surface area (Å²) < 4.78 is 0. The van der Waals surface area contributed by atoms with Crippen molar-refractivity contribution in [2.24, 2.45) is 11.8 Å². The molecule has 1 aromatic carbocycles. The second-order valence-electron chi connectivity index (χ2n) is 6.32. The maximum atomic E-state index is 6.32. The average molecular weight is 281 g/mol. The molecule has 3 heteroatoms. The van der Waals surface area contributed by atoms with Crippen LogP contribution in [0.15, 0.2) is 18.2 Å². The van der Waals surface area contributed by atoms with E-state index in [1.165, 1.54) is 19.3 Å². The molecule has 0 radical (unpaired) electrons. The summed E-state index contributed by atoms with van der Waals surface area (Å²) in [5.74, 6) is 1.63. The van der Waals surface area contributed by atoms with Crippen molar-refractivity contribution in [3.63, 3.8) is 0 Å². The van der Waals surface area contributed by atoms with Crippen LogP contribution in [0.4, 0.5) is 11.4 Å². The molecular weight excluding hydrogens is 256 g/mol. The van der Waals surface area contributed by atoms with Crippen LogP contribution >= 0.6 is 11.6 Å². The van der Waals surface area contributed by atoms with Gasteiger partial charge in [-0.15, -0.1) is 0 Å². The van der Waals surface area contributed by atoms with E-state index in [2.05, 4.69) is 31.3 Å². The summed E-state index contributed by atoms with van der Waals surface area (Å²) in [5.41, 5.74) is 2.21. The Labute approximate surface area is 122 Å². The molecule has 106 valence electrons. The van der Waals surface area contributed by atoms with Gasteiger partial charge >= 0.3 is 0 Å². The fourth-order valence-corrected chi connectivity index (χ4v) is 3.61. The van der Waals surface area contributed by atoms with Crippen molar-refractivity contribution in [2.75, 3.05) is 24.3 Å². The number of nitrogens with zero attached hydrogens (tertiary/aromatic N) is 1. The number of rotatable bonds is 3. The van der Waals surface area contributed by atoms with Crippen LogP contribution in [-0.2, 0) is 0 Å². The highest BCUT2D eigenvalue weighted by molar-refractivity contribution is 6.33. The zero-order valence-corrected chi connectivity index (χ0v) is 13.2. The molecule has 2 rings (SSSR count). The van der Waals surface area contributed by atoms with E-state index in [0.717, 1.165) is 28.2 Å². The first kappa shape index (κ1) is 14.5. The zero-order valence-electron chi connectivity index (χ0n) is 12.4. The van der Waals surface area contributed by atoms with Gasteiger partial charge in [-0.05, 0) is 49.3 Å². The molecule has 1 fully saturated rings. The minimum absolute atomic E-state index is 0.583. The van der Waals surface area contributed by atoms with Crippen LogP contribution in [0.5, 0.6) is 0 Å². The predicted molar refractivity (Wildman–Crippen MR) is 85.4 cm³/mol. The molecular formula is C16H25ClN2. The third-order valence-electron chi connectivity index (χ3n) is 3.98. The van der Waals surface area contributed by atoms with E-state index in [1.807, 2.05) is 25.1 Å². The minimum Gasteiger partial charge on any atom is -0.382 e. The molecule has 0 aliphatic heterocycles. The lowest BCUT2D eigenvalue weighted by Crippen LogP contribution is -2.30. The van der Waals surface area contributed by atoms with Crippen molar-refractivity contribution in [3.05, 3.63) is 23.2 Å². The van der Waals surface area contributed by atoms with Gasteiger partial charge in [-0.2, -0.15) is 0 Å². The van der Waals surface area contributed by atoms with E-state index in [4.69, 9.17) is 11.6 Å². The third-order valence-corrected chi connectivity index (χ3v) is 4.28. The van der Waals surface area contributed by atoms with Crippen molar-refractivity contribution < 1.29 is 0 Å². The lowest BCUT2D eigenvalue weighted by molar-refractivity contribution is 0.281. The van der Waals surface area contributed by atoms with Crippen LogP contribution in [0.3, 0.4) is 0 Å². The first-order chi connectivity index (χ1) is 8.95. The molecule has 1 aliphatic rings. The molecule has 0 spiro atoms. The maximum absolute atomic E-state index is 6.32. The molecule has 2 atom stereocenters. The standard InChI is InChI=1S/C16H25ClN2/c1-11-7-12(2)9-14(8-11)18-13-5-6-16(19(3)4)15(17)10-13/h5-6,10-12,14,18H,7-9H2,1-4H3. The molecule has 2 unspecified atom stereocenters. The lowest BCUT2D eigenvalue weighted by atomic mass is 9.80. The summed E-state index contributed by atoms with van der Waals surface area (Å²) >= 11 is 6.32. The number of nitrogens with one attached hydrogen (secondary N) is 1. The lowest BCUT2D eigenvalue weighted by Gasteiger charge is -2.32. The van der Waals surface area contributed by atoms with Gasteiger partial charge < -0.3 is 10.2 Å². The molecule has 0 heterocycles. The molecule has 1 saturated carbocycles. The Bertz CT molecular complexity index is 421. The Balaban J connectivity index is 2.05. The molecule has 19 heavy (non-hydrogen) atoms. The number of anilines is 2. The van der Waals surface area contributed by atoms with Crippen molar-refractivity contribution in [1.29, 1.82) is 0 Å². The monoisotopic (exact) mass is 280 g/mol. The predicted octanol–water partition coefficient (Wildman–Crippen LogP) is 4.64. The summed E-state index contributed by atoms with van der Waals surface area (Å²) in [6.45, 7) is 4.71. The van der Waals surface area contributed by atoms with E-state index in [9.17, 15) is 0 Å². The van der Waals surface area contributed by atoms with E-state index in [-0.39, 0.29) is 0 Å². The van der Waals surface area contributed by atoms with Crippen LogP contribution in [0.2, 0.25) is 5.02 Å². The zero-order chi connectivity index (χ0) is 14.0. The molecule has 0 bridgehead atoms. The van der Waals surface area contributed by atoms with Gasteiger partial charge in [0.2, 0.25) is 0 Å². The van der Waals surface area contributed by atoms with E-state index < -0.39 is 0 Å². The second kappa shape index (κ2) is 6.04. The van der Waals surface area contributed by atoms with Crippen LogP contribution in [-0.4, -0.2) is 20.1 Å². The van der Waals surface area contributed by atoms with Crippen molar-refractivity contribution >= 4 is 23.0 Å². The molecule has 0 aromatic heterocycles. The summed E-state index contributed by atoms with van der Waals surface area (Å²) in [6, 6.07) is 6.84. The van der Waals surface area contributed by atoms with Crippen molar-refractivity contribution in [1.82, 2.24) is 0 Å². The normalized spacial score (nSPS) is 27.1. The summed E-state index contributed by atoms with van der Waals surface area (Å²) in [5, 5.41) is 4.46. The van der Waals surface area contributed by atoms with E-state index in [1.54, 1.807) is 0 Å². The molecule has 2 nitrogen and oxygen atoms in total. The fraction of sp³-hybridized carbons (Fsp3) is 0.625. The molecule has 0 saturated heterocycles. The van der Waals surface area contributed by atoms with Gasteiger partial charge in [0.05, 0.1) is 10.7 Å². The molecule has 1 aliphatic carbocycles. The Morgan fingerprint density at radius 1 is 1.11 bits per heavy atom. The molecule has 1 N–H and O–H groups in total. The average Bonchev–Trinajstić information content (AvgIpc) is 2.26. The minimum atomic E-state index is 0.583. The van der Waals surface area contributed by atoms with Crippen molar-refractivity contribution in [3.8, 4) is 0 Å². The highest BCUT2D eigenvalue weighted by atomic mass is 35.5. The van der Waals surface area contributed by atoms with E-state index in [0.29, 0.717) is 6.04 Å². The maximum Gasteiger partial charge on any atom is 0.0659 e. The van der Waals surface area contributed by atoms with E-state index >= 15 is 0 Å². The van der Waals surface area contributed by atoms with Gasteiger partial charge in [-0.25, -0.2) is 0 Å². The van der Waals surface area contributed by atoms with Gasteiger partial charge in [0.15, 0.2) is 0 Å². The van der Waals surface area contributed by atoms with Gasteiger partial charge in [0.1, 0.15) is 0 Å². The Kier molecular flexibility index (Phi) is 4.62. The molecule has 0 amide bonds. The highest BCUT2D eigenvalue weighted by Crippen LogP contribution is 2.32. The topological polar surface area (TPSA) is 15.3 Å². The number of benzene rings is 1. The quantitative estimate of drug-likeness (QED) is 0.867. The first-order valence-electron chi connectivity index (χ1n) is 7.19. The second-order valence-corrected chi connectivity index (χ2v) is 6.73. The Morgan fingerprint density at radius 2 is 1.74 bits per heavy atom. The van der Waals surface area contributed by atoms with Crippen molar-refractivity contribution in [2.45, 2.75) is 39.2 Å². The number of hydrogen-bond acceptors (Lipinski definition) is 2. The Morgan fingerprint density at radius 3 is 2.26 bits per heavy atom. The third kappa shape index (κ3) is 3.79. The summed E-state index contributed by atoms with van der Waals surface area (Å²) in [4.78, 5) is 2.04. The summed E-state index contributed by atoms with van der Waals surface area (Å²) in [7, 11) is 4.03. The van der Waals surface area contributed by atoms with Gasteiger partial charge in [-0.3, -0.25) is 0 Å². The van der Waals surface area contributed by atoms with Crippen LogP contribution in [0.1, 0.15) is 33.1 Å². The van der Waals surface area contributed by atoms with Crippen LogP contribution in [0, 0.1) is 11.8 Å². The Hall–Kier alpha value is -0.890. The van der Waals surface area contributed by atoms with Gasteiger partial charge in [0, 0.05) is 25.8 Å².